The van der Waals surface area contributed by atoms with Crippen molar-refractivity contribution in [2.45, 2.75) is 20.1 Å². The van der Waals surface area contributed by atoms with E-state index in [9.17, 15) is 13.2 Å². The smallest absolute Gasteiger partial charge is 0.387 e. The molecule has 0 atom stereocenters. The van der Waals surface area contributed by atoms with Crippen LogP contribution in [0.3, 0.4) is 0 Å². The van der Waals surface area contributed by atoms with Crippen molar-refractivity contribution in [2.75, 3.05) is 0 Å². The molecule has 0 aliphatic rings. The summed E-state index contributed by atoms with van der Waals surface area (Å²) < 4.78 is 45.4. The number of nitrogens with one attached hydrogen (secondary N) is 1. The summed E-state index contributed by atoms with van der Waals surface area (Å²) in [5.74, 6) is 0.0689. The number of nitrogens with zero attached hydrogens (tertiary/aromatic N) is 5. The normalized spacial score (nSPS) is 11.6. The highest BCUT2D eigenvalue weighted by Gasteiger charge is 2.14. The molecule has 0 bridgehead atoms. The molecule has 33 heavy (non-hydrogen) atoms. The van der Waals surface area contributed by atoms with E-state index >= 15 is 0 Å². The van der Waals surface area contributed by atoms with Gasteiger partial charge in [-0.3, -0.25) is 0 Å². The van der Waals surface area contributed by atoms with Gasteiger partial charge < -0.3 is 4.74 Å². The summed E-state index contributed by atoms with van der Waals surface area (Å²) in [6.07, 6.45) is 1.51. The lowest BCUT2D eigenvalue weighted by molar-refractivity contribution is -0.0498. The predicted molar refractivity (Wildman–Crippen MR) is 120 cm³/mol. The van der Waals surface area contributed by atoms with E-state index in [1.54, 1.807) is 35.9 Å². The average Bonchev–Trinajstić information content (AvgIpc) is 3.27. The first-order valence-electron chi connectivity index (χ1n) is 9.56. The quantitative estimate of drug-likeness (QED) is 0.275. The second-order valence-electron chi connectivity index (χ2n) is 6.89. The molecule has 2 heterocycles. The van der Waals surface area contributed by atoms with E-state index in [2.05, 4.69) is 25.1 Å². The average molecular weight is 493 g/mol. The number of hydrogen-bond acceptors (Lipinski definition) is 5. The summed E-state index contributed by atoms with van der Waals surface area (Å²) in [4.78, 5) is 0. The lowest BCUT2D eigenvalue weighted by Crippen LogP contribution is -2.02. The minimum Gasteiger partial charge on any atom is -0.435 e. The molecule has 2 aromatic heterocycles. The Bertz CT molecular complexity index is 1350. The van der Waals surface area contributed by atoms with Crippen molar-refractivity contribution in [2.24, 2.45) is 5.10 Å². The van der Waals surface area contributed by atoms with Gasteiger partial charge in [0.1, 0.15) is 16.7 Å². The van der Waals surface area contributed by atoms with Crippen LogP contribution in [0.25, 0.3) is 11.4 Å². The molecule has 170 valence electrons. The van der Waals surface area contributed by atoms with Gasteiger partial charge in [0.15, 0.2) is 5.82 Å². The van der Waals surface area contributed by atoms with Crippen LogP contribution in [-0.2, 0) is 6.54 Å². The molecule has 0 saturated heterocycles. The van der Waals surface area contributed by atoms with E-state index in [1.807, 2.05) is 0 Å². The number of rotatable bonds is 7. The van der Waals surface area contributed by atoms with Crippen molar-refractivity contribution in [1.29, 1.82) is 0 Å². The summed E-state index contributed by atoms with van der Waals surface area (Å²) in [6, 6.07) is 12.0. The monoisotopic (exact) mass is 492 g/mol. The van der Waals surface area contributed by atoms with Crippen LogP contribution < -0.4 is 4.74 Å². The molecule has 0 spiro atoms. The largest absolute Gasteiger partial charge is 0.435 e. The van der Waals surface area contributed by atoms with Gasteiger partial charge in [0.05, 0.1) is 24.0 Å². The molecular formula is C21H16ClF3N6OS. The molecule has 0 amide bonds. The fourth-order valence-corrected chi connectivity index (χ4v) is 3.53. The summed E-state index contributed by atoms with van der Waals surface area (Å²) in [5.41, 5.74) is 2.63. The van der Waals surface area contributed by atoms with E-state index < -0.39 is 6.61 Å². The number of benzene rings is 2. The highest BCUT2D eigenvalue weighted by Crippen LogP contribution is 2.23. The van der Waals surface area contributed by atoms with E-state index in [0.717, 1.165) is 5.56 Å². The lowest BCUT2D eigenvalue weighted by Gasteiger charge is -2.05. The number of aromatic nitrogens is 5. The Morgan fingerprint density at radius 1 is 1.18 bits per heavy atom. The highest BCUT2D eigenvalue weighted by atomic mass is 35.5. The van der Waals surface area contributed by atoms with Crippen LogP contribution in [0.15, 0.2) is 53.6 Å². The third-order valence-electron chi connectivity index (χ3n) is 4.65. The first-order valence-corrected chi connectivity index (χ1v) is 10.3. The zero-order valence-electron chi connectivity index (χ0n) is 17.0. The number of aromatic amines is 1. The van der Waals surface area contributed by atoms with E-state index in [1.165, 1.54) is 35.2 Å². The van der Waals surface area contributed by atoms with E-state index in [-0.39, 0.29) is 16.3 Å². The third kappa shape index (κ3) is 5.15. The Morgan fingerprint density at radius 2 is 1.88 bits per heavy atom. The van der Waals surface area contributed by atoms with Crippen LogP contribution in [-0.4, -0.2) is 37.5 Å². The molecule has 0 fully saturated rings. The zero-order valence-corrected chi connectivity index (χ0v) is 18.6. The summed E-state index contributed by atoms with van der Waals surface area (Å²) in [7, 11) is 0. The molecule has 1 N–H and O–H groups in total. The SMILES string of the molecule is Cc1nn(Cc2ccc(F)cc2)c(Cl)c1C=Nn1c(-c2ccc(OC(F)F)cc2)n[nH]c1=S. The minimum absolute atomic E-state index is 0.0221. The van der Waals surface area contributed by atoms with Gasteiger partial charge in [-0.25, -0.2) is 14.2 Å². The topological polar surface area (TPSA) is 73.0 Å². The molecule has 0 radical (unpaired) electrons. The number of H-pyrrole nitrogens is 1. The van der Waals surface area contributed by atoms with Crippen LogP contribution in [0.4, 0.5) is 13.2 Å². The van der Waals surface area contributed by atoms with Crippen LogP contribution >= 0.6 is 23.8 Å². The maximum absolute atomic E-state index is 13.1. The molecule has 0 saturated carbocycles. The number of alkyl halides is 2. The molecule has 12 heteroatoms. The number of hydrogen-bond donors (Lipinski definition) is 1. The molecule has 0 aliphatic heterocycles. The number of ether oxygens (including phenoxy) is 1. The second-order valence-corrected chi connectivity index (χ2v) is 7.63. The van der Waals surface area contributed by atoms with Gasteiger partial charge in [-0.15, -0.1) is 0 Å². The zero-order chi connectivity index (χ0) is 23.5. The van der Waals surface area contributed by atoms with Crippen molar-refractivity contribution >= 4 is 30.0 Å². The standard InChI is InChI=1S/C21H16ClF3N6OS/c1-12-17(18(22)30(29-12)11-13-2-6-15(23)7-3-13)10-26-31-19(27-28-21(31)33)14-4-8-16(9-5-14)32-20(24)25/h2-10,20H,11H2,1H3,(H,28,33). The molecule has 4 aromatic rings. The maximum atomic E-state index is 13.1. The maximum Gasteiger partial charge on any atom is 0.387 e. The van der Waals surface area contributed by atoms with Crippen molar-refractivity contribution in [1.82, 2.24) is 24.7 Å². The van der Waals surface area contributed by atoms with Crippen molar-refractivity contribution in [3.8, 4) is 17.1 Å². The van der Waals surface area contributed by atoms with Gasteiger partial charge >= 0.3 is 6.61 Å². The summed E-state index contributed by atoms with van der Waals surface area (Å²) >= 11 is 11.8. The molecule has 0 unspecified atom stereocenters. The van der Waals surface area contributed by atoms with Gasteiger partial charge in [0.2, 0.25) is 4.77 Å². The van der Waals surface area contributed by atoms with Gasteiger partial charge in [0, 0.05) is 5.56 Å². The molecule has 4 rings (SSSR count). The fourth-order valence-electron chi connectivity index (χ4n) is 3.07. The third-order valence-corrected chi connectivity index (χ3v) is 5.31. The molecular weight excluding hydrogens is 477 g/mol. The van der Waals surface area contributed by atoms with Crippen LogP contribution in [0, 0.1) is 17.5 Å². The summed E-state index contributed by atoms with van der Waals surface area (Å²) in [6.45, 7) is -0.768. The second kappa shape index (κ2) is 9.59. The molecule has 7 nitrogen and oxygen atoms in total. The Kier molecular flexibility index (Phi) is 6.61. The lowest BCUT2D eigenvalue weighted by atomic mass is 10.2. The Labute approximate surface area is 196 Å². The van der Waals surface area contributed by atoms with Crippen molar-refractivity contribution in [3.05, 3.63) is 81.1 Å². The Hall–Kier alpha value is -3.44. The van der Waals surface area contributed by atoms with Crippen LogP contribution in [0.5, 0.6) is 5.75 Å². The summed E-state index contributed by atoms with van der Waals surface area (Å²) in [5, 5.41) is 16.0. The molecule has 0 aliphatic carbocycles. The van der Waals surface area contributed by atoms with Crippen LogP contribution in [0.2, 0.25) is 5.15 Å². The van der Waals surface area contributed by atoms with E-state index in [0.29, 0.717) is 34.3 Å². The first-order chi connectivity index (χ1) is 15.8. The van der Waals surface area contributed by atoms with Crippen molar-refractivity contribution < 1.29 is 17.9 Å². The van der Waals surface area contributed by atoms with Gasteiger partial charge in [0.25, 0.3) is 0 Å². The van der Waals surface area contributed by atoms with Gasteiger partial charge in [-0.1, -0.05) is 23.7 Å². The van der Waals surface area contributed by atoms with Gasteiger partial charge in [-0.05, 0) is 61.1 Å². The minimum atomic E-state index is -2.91. The van der Waals surface area contributed by atoms with Gasteiger partial charge in [-0.2, -0.15) is 28.8 Å². The number of halogens is 4. The fraction of sp³-hybridized carbons (Fsp3) is 0.143. The van der Waals surface area contributed by atoms with Crippen LogP contribution in [0.1, 0.15) is 16.8 Å². The Balaban J connectivity index is 1.60. The Morgan fingerprint density at radius 3 is 2.55 bits per heavy atom. The number of aryl methyl sites for hydroxylation is 1. The first kappa shape index (κ1) is 22.7. The molecule has 2 aromatic carbocycles. The highest BCUT2D eigenvalue weighted by molar-refractivity contribution is 7.71. The van der Waals surface area contributed by atoms with E-state index in [4.69, 9.17) is 23.8 Å². The van der Waals surface area contributed by atoms with Crippen molar-refractivity contribution in [3.63, 3.8) is 0 Å². The predicted octanol–water partition coefficient (Wildman–Crippen LogP) is 5.44.